The van der Waals surface area contributed by atoms with Crippen molar-refractivity contribution >= 4 is 16.0 Å². The molecule has 0 atom stereocenters. The Hall–Kier alpha value is 0.300. The Morgan fingerprint density at radius 2 is 1.18 bits per heavy atom. The maximum absolute atomic E-state index is 12.4. The van der Waals surface area contributed by atoms with Crippen LogP contribution in [0.2, 0.25) is 0 Å². The Morgan fingerprint density at radius 1 is 0.824 bits per heavy atom. The fraction of sp³-hybridized carbons (Fsp3) is 0.960. The SMILES string of the molecule is CC1(C)CC(N=C([O-])CCCCCCCCCCCCCCCS(=O)(=O)O)CC(C)(C)N1[O].[Na+]. The largest absolute Gasteiger partial charge is 1.00 e. The van der Waals surface area contributed by atoms with Gasteiger partial charge in [-0.15, -0.1) is 10.3 Å². The second-order valence-electron chi connectivity index (χ2n) is 11.1. The molecule has 1 aliphatic heterocycles. The molecule has 1 heterocycles. The number of aliphatic imine (C=N–C) groups is 1. The minimum absolute atomic E-state index is 0. The van der Waals surface area contributed by atoms with Gasteiger partial charge in [0, 0.05) is 11.1 Å². The fourth-order valence-electron chi connectivity index (χ4n) is 5.08. The summed E-state index contributed by atoms with van der Waals surface area (Å²) >= 11 is 0. The molecular weight excluding hydrogens is 463 g/mol. The topological polar surface area (TPSA) is 113 Å². The van der Waals surface area contributed by atoms with Gasteiger partial charge in [0.25, 0.3) is 10.1 Å². The van der Waals surface area contributed by atoms with E-state index in [0.29, 0.717) is 25.7 Å². The van der Waals surface area contributed by atoms with Crippen LogP contribution in [0.25, 0.3) is 0 Å². The van der Waals surface area contributed by atoms with E-state index in [1.807, 2.05) is 27.7 Å². The van der Waals surface area contributed by atoms with E-state index in [9.17, 15) is 18.7 Å². The van der Waals surface area contributed by atoms with Crippen LogP contribution in [-0.2, 0) is 15.3 Å². The molecule has 1 saturated heterocycles. The third-order valence-electron chi connectivity index (χ3n) is 6.69. The number of hydrogen-bond donors (Lipinski definition) is 1. The van der Waals surface area contributed by atoms with Crippen molar-refractivity contribution in [1.82, 2.24) is 5.06 Å². The molecule has 0 aromatic rings. The second kappa shape index (κ2) is 16.9. The van der Waals surface area contributed by atoms with Crippen LogP contribution in [0.4, 0.5) is 0 Å². The summed E-state index contributed by atoms with van der Waals surface area (Å²) in [7, 11) is -3.79. The predicted molar refractivity (Wildman–Crippen MR) is 132 cm³/mol. The van der Waals surface area contributed by atoms with Gasteiger partial charge in [0.2, 0.25) is 0 Å². The number of piperidine rings is 1. The van der Waals surface area contributed by atoms with Gasteiger partial charge in [-0.1, -0.05) is 70.6 Å². The van der Waals surface area contributed by atoms with Crippen LogP contribution < -0.4 is 34.7 Å². The van der Waals surface area contributed by atoms with E-state index < -0.39 is 21.2 Å². The zero-order valence-electron chi connectivity index (χ0n) is 22.5. The third kappa shape index (κ3) is 15.4. The molecular formula is C25H48N2NaO5S. The van der Waals surface area contributed by atoms with Gasteiger partial charge in [0.05, 0.1) is 11.8 Å². The molecule has 0 aromatic carbocycles. The Kier molecular flexibility index (Phi) is 17.1. The zero-order valence-corrected chi connectivity index (χ0v) is 25.3. The van der Waals surface area contributed by atoms with Gasteiger partial charge in [0.1, 0.15) is 0 Å². The van der Waals surface area contributed by atoms with Crippen LogP contribution >= 0.6 is 0 Å². The van der Waals surface area contributed by atoms with Gasteiger partial charge in [-0.05, 0) is 65.7 Å². The quantitative estimate of drug-likeness (QED) is 0.106. The van der Waals surface area contributed by atoms with Crippen molar-refractivity contribution in [3.8, 4) is 0 Å². The van der Waals surface area contributed by atoms with E-state index in [2.05, 4.69) is 4.99 Å². The van der Waals surface area contributed by atoms with Gasteiger partial charge >= 0.3 is 29.6 Å². The summed E-state index contributed by atoms with van der Waals surface area (Å²) in [6.45, 7) is 7.74. The number of nitrogens with zero attached hydrogens (tertiary/aromatic N) is 2. The van der Waals surface area contributed by atoms with Gasteiger partial charge in [-0.3, -0.25) is 4.55 Å². The molecule has 34 heavy (non-hydrogen) atoms. The van der Waals surface area contributed by atoms with Crippen molar-refractivity contribution in [2.45, 2.75) is 148 Å². The summed E-state index contributed by atoms with van der Waals surface area (Å²) in [5, 5.41) is 25.9. The molecule has 1 rings (SSSR count). The molecule has 0 spiro atoms. The smallest absolute Gasteiger partial charge is 0.862 e. The van der Waals surface area contributed by atoms with Gasteiger partial charge in [-0.25, -0.2) is 0 Å². The van der Waals surface area contributed by atoms with Crippen LogP contribution in [0, 0.1) is 0 Å². The average Bonchev–Trinajstić information content (AvgIpc) is 2.67. The first kappa shape index (κ1) is 34.3. The Morgan fingerprint density at radius 3 is 1.56 bits per heavy atom. The minimum Gasteiger partial charge on any atom is -0.862 e. The van der Waals surface area contributed by atoms with E-state index in [0.717, 1.165) is 38.5 Å². The fourth-order valence-corrected chi connectivity index (χ4v) is 5.64. The summed E-state index contributed by atoms with van der Waals surface area (Å²) in [5.41, 5.74) is -0.968. The van der Waals surface area contributed by atoms with Crippen LogP contribution in [0.1, 0.15) is 130 Å². The maximum Gasteiger partial charge on any atom is 1.00 e. The van der Waals surface area contributed by atoms with Crippen molar-refractivity contribution < 1.29 is 52.8 Å². The normalized spacial score (nSPS) is 19.2. The summed E-state index contributed by atoms with van der Waals surface area (Å²) in [6, 6.07) is -0.0515. The number of rotatable bonds is 17. The molecule has 1 aliphatic rings. The molecule has 0 aromatic heterocycles. The van der Waals surface area contributed by atoms with E-state index in [1.54, 1.807) is 0 Å². The van der Waals surface area contributed by atoms with Crippen molar-refractivity contribution in [2.75, 3.05) is 5.75 Å². The maximum atomic E-state index is 12.4. The third-order valence-corrected chi connectivity index (χ3v) is 7.49. The van der Waals surface area contributed by atoms with Crippen LogP contribution in [0.3, 0.4) is 0 Å². The van der Waals surface area contributed by atoms with E-state index in [4.69, 9.17) is 4.55 Å². The summed E-state index contributed by atoms with van der Waals surface area (Å²) in [6.07, 6.45) is 15.9. The van der Waals surface area contributed by atoms with Crippen LogP contribution in [-0.4, -0.2) is 46.8 Å². The molecule has 0 bridgehead atoms. The van der Waals surface area contributed by atoms with Crippen molar-refractivity contribution in [1.29, 1.82) is 0 Å². The van der Waals surface area contributed by atoms with Gasteiger partial charge in [0.15, 0.2) is 0 Å². The van der Waals surface area contributed by atoms with Gasteiger partial charge in [-0.2, -0.15) is 8.42 Å². The summed E-state index contributed by atoms with van der Waals surface area (Å²) in [4.78, 5) is 4.43. The molecule has 0 amide bonds. The van der Waals surface area contributed by atoms with E-state index in [1.165, 1.54) is 43.6 Å². The standard InChI is InChI=1S/C25H49N2O5S.Na/c1-24(2)20-22(21-25(3,4)27(24)29)26-23(28)18-16-14-12-10-8-6-5-7-9-11-13-15-17-19-33(30,31)32;/h22H,5-21H2,1-4H3,(H,26,28)(H,30,31,32);/q;+1/p-1. The van der Waals surface area contributed by atoms with Crippen molar-refractivity contribution in [3.63, 3.8) is 0 Å². The second-order valence-corrected chi connectivity index (χ2v) is 12.7. The number of unbranched alkanes of at least 4 members (excludes halogenated alkanes) is 12. The van der Waals surface area contributed by atoms with E-state index in [-0.39, 0.29) is 47.2 Å². The van der Waals surface area contributed by atoms with Gasteiger partial charge < -0.3 is 10.1 Å². The van der Waals surface area contributed by atoms with E-state index >= 15 is 0 Å². The first-order chi connectivity index (χ1) is 15.3. The Labute approximate surface area is 231 Å². The molecule has 0 aliphatic carbocycles. The molecule has 1 N–H and O–H groups in total. The number of hydroxylamine groups is 2. The van der Waals surface area contributed by atoms with Crippen molar-refractivity contribution in [3.05, 3.63) is 0 Å². The van der Waals surface area contributed by atoms with Crippen LogP contribution in [0.15, 0.2) is 4.99 Å². The first-order valence-electron chi connectivity index (χ1n) is 13.0. The molecule has 195 valence electrons. The molecule has 0 unspecified atom stereocenters. The monoisotopic (exact) mass is 511 g/mol. The average molecular weight is 512 g/mol. The zero-order chi connectivity index (χ0) is 25.0. The summed E-state index contributed by atoms with van der Waals surface area (Å²) in [5.74, 6) is -0.127. The minimum atomic E-state index is -3.79. The predicted octanol–water partition coefficient (Wildman–Crippen LogP) is 2.47. The molecule has 1 radical (unpaired) electrons. The summed E-state index contributed by atoms with van der Waals surface area (Å²) < 4.78 is 29.9. The molecule has 7 nitrogen and oxygen atoms in total. The van der Waals surface area contributed by atoms with Crippen molar-refractivity contribution in [2.24, 2.45) is 4.99 Å². The van der Waals surface area contributed by atoms with Crippen LogP contribution in [0.5, 0.6) is 0 Å². The Balaban J connectivity index is 0.0000109. The molecule has 0 saturated carbocycles. The molecule has 1 fully saturated rings. The Bertz CT molecular complexity index is 665. The first-order valence-corrected chi connectivity index (χ1v) is 14.6. The number of hydrogen-bond acceptors (Lipinski definition) is 5. The molecule has 9 heteroatoms.